The molecule has 2 aromatic heterocycles. The average Bonchev–Trinajstić information content (AvgIpc) is 3.30. The van der Waals surface area contributed by atoms with Gasteiger partial charge in [-0.15, -0.1) is 0 Å². The van der Waals surface area contributed by atoms with E-state index in [1.165, 1.54) is 33.7 Å². The fourth-order valence-corrected chi connectivity index (χ4v) is 5.12. The molecule has 0 spiro atoms. The maximum absolute atomic E-state index is 11.8. The maximum atomic E-state index is 11.8. The molecule has 13 heteroatoms. The van der Waals surface area contributed by atoms with E-state index in [9.17, 15) is 33.9 Å². The molecule has 0 radical (unpaired) electrons. The molecule has 208 valence electrons. The van der Waals surface area contributed by atoms with Gasteiger partial charge in [0.2, 0.25) is 0 Å². The number of aldehydes is 2. The Labute approximate surface area is 217 Å². The Balaban J connectivity index is 0.000000211. The highest BCUT2D eigenvalue weighted by Crippen LogP contribution is 2.46. The fraction of sp³-hybridized carbons (Fsp3) is 0.600. The van der Waals surface area contributed by atoms with Gasteiger partial charge in [-0.25, -0.2) is 9.59 Å². The molecule has 2 aliphatic heterocycles. The minimum absolute atomic E-state index is 0.00109. The highest BCUT2D eigenvalue weighted by molar-refractivity contribution is 5.64. The smallest absolute Gasteiger partial charge is 0.330 e. The second kappa shape index (κ2) is 11.1. The molecule has 2 aliphatic rings. The molecule has 0 amide bonds. The van der Waals surface area contributed by atoms with Crippen molar-refractivity contribution < 1.29 is 24.2 Å². The summed E-state index contributed by atoms with van der Waals surface area (Å²) < 4.78 is 14.0. The number of hydrogen-bond acceptors (Lipinski definition) is 9. The van der Waals surface area contributed by atoms with Crippen LogP contribution in [0, 0.1) is 23.7 Å². The van der Waals surface area contributed by atoms with Crippen LogP contribution in [0.2, 0.25) is 0 Å². The normalized spacial score (nSPS) is 34.4. The van der Waals surface area contributed by atoms with Crippen LogP contribution < -0.4 is 22.5 Å². The first kappa shape index (κ1) is 29.1. The predicted octanol–water partition coefficient (Wildman–Crippen LogP) is -0.0471. The van der Waals surface area contributed by atoms with E-state index in [4.69, 9.17) is 9.47 Å². The van der Waals surface area contributed by atoms with Crippen LogP contribution in [0.4, 0.5) is 0 Å². The van der Waals surface area contributed by atoms with Crippen molar-refractivity contribution in [3.63, 3.8) is 0 Å². The zero-order chi connectivity index (χ0) is 28.4. The van der Waals surface area contributed by atoms with Crippen molar-refractivity contribution in [1.29, 1.82) is 0 Å². The molecule has 0 saturated carbocycles. The van der Waals surface area contributed by atoms with Crippen molar-refractivity contribution in [2.75, 3.05) is 6.61 Å². The standard InChI is InChI=1S/C13H18N2O4.C12H16N2O5/c1-4-13(7-16)9(3)8(2)11(19-13)15-6-5-10(17)14-12(15)18;1-7-8(2)12(5-15,6-16)19-10(7)14-4-3-9(17)13-11(14)18/h5-9,11H,4H2,1-3H3,(H,14,17,18);3-5,7-8,10,16H,6H2,1-2H3,(H,13,17,18). The molecule has 8 unspecified atom stereocenters. The van der Waals surface area contributed by atoms with Crippen molar-refractivity contribution in [1.82, 2.24) is 19.1 Å². The number of ether oxygens (including phenoxy) is 2. The van der Waals surface area contributed by atoms with Crippen LogP contribution >= 0.6 is 0 Å². The summed E-state index contributed by atoms with van der Waals surface area (Å²) in [5.41, 5.74) is -4.23. The Bertz CT molecular complexity index is 1290. The number of aromatic nitrogens is 4. The molecule has 2 saturated heterocycles. The van der Waals surface area contributed by atoms with Crippen molar-refractivity contribution >= 4 is 12.6 Å². The lowest BCUT2D eigenvalue weighted by Gasteiger charge is -2.25. The Hall–Kier alpha value is -3.42. The molecule has 3 N–H and O–H groups in total. The molecule has 8 atom stereocenters. The summed E-state index contributed by atoms with van der Waals surface area (Å²) in [6.07, 6.45) is 3.45. The SMILES string of the molecule is CC1C(n2ccc(=O)[nH]c2=O)OC(C=O)(CO)C1C.CCC1(C=O)OC(n2ccc(=O)[nH]c2=O)C(C)C1C. The van der Waals surface area contributed by atoms with E-state index in [0.717, 1.165) is 6.29 Å². The van der Waals surface area contributed by atoms with Gasteiger partial charge in [0.15, 0.2) is 18.2 Å². The largest absolute Gasteiger partial charge is 0.393 e. The van der Waals surface area contributed by atoms with Crippen LogP contribution in [-0.2, 0) is 19.1 Å². The van der Waals surface area contributed by atoms with E-state index < -0.39 is 52.8 Å². The first-order valence-electron chi connectivity index (χ1n) is 12.4. The molecule has 2 fully saturated rings. The molecule has 4 rings (SSSR count). The minimum Gasteiger partial charge on any atom is -0.393 e. The third-order valence-electron chi connectivity index (χ3n) is 8.15. The van der Waals surface area contributed by atoms with Gasteiger partial charge in [0, 0.05) is 42.3 Å². The van der Waals surface area contributed by atoms with Gasteiger partial charge in [0.25, 0.3) is 11.1 Å². The summed E-state index contributed by atoms with van der Waals surface area (Å²) in [6.45, 7) is 8.93. The third kappa shape index (κ3) is 5.00. The van der Waals surface area contributed by atoms with Crippen LogP contribution in [0.1, 0.15) is 53.5 Å². The van der Waals surface area contributed by atoms with E-state index in [0.29, 0.717) is 12.7 Å². The number of carbonyl (C=O) groups excluding carboxylic acids is 2. The van der Waals surface area contributed by atoms with Gasteiger partial charge in [-0.05, 0) is 12.3 Å². The molecular weight excluding hydrogens is 500 g/mol. The first-order chi connectivity index (χ1) is 17.9. The van der Waals surface area contributed by atoms with Gasteiger partial charge in [0.1, 0.15) is 18.1 Å². The van der Waals surface area contributed by atoms with Gasteiger partial charge in [-0.3, -0.25) is 28.7 Å². The van der Waals surface area contributed by atoms with Crippen molar-refractivity contribution in [2.24, 2.45) is 23.7 Å². The molecule has 4 heterocycles. The number of H-pyrrole nitrogens is 2. The van der Waals surface area contributed by atoms with E-state index in [2.05, 4.69) is 9.97 Å². The number of aromatic amines is 2. The van der Waals surface area contributed by atoms with Crippen LogP contribution in [0.5, 0.6) is 0 Å². The summed E-state index contributed by atoms with van der Waals surface area (Å²) >= 11 is 0. The van der Waals surface area contributed by atoms with E-state index in [1.807, 2.05) is 27.7 Å². The highest BCUT2D eigenvalue weighted by Gasteiger charge is 2.52. The lowest BCUT2D eigenvalue weighted by molar-refractivity contribution is -0.145. The zero-order valence-corrected chi connectivity index (χ0v) is 22.0. The van der Waals surface area contributed by atoms with Crippen molar-refractivity contribution in [3.05, 3.63) is 66.2 Å². The number of nitrogens with zero attached hydrogens (tertiary/aromatic N) is 2. The Kier molecular flexibility index (Phi) is 8.54. The fourth-order valence-electron chi connectivity index (χ4n) is 5.12. The van der Waals surface area contributed by atoms with Gasteiger partial charge in [-0.2, -0.15) is 0 Å². The minimum atomic E-state index is -1.31. The lowest BCUT2D eigenvalue weighted by atomic mass is 9.82. The van der Waals surface area contributed by atoms with Gasteiger partial charge in [0.05, 0.1) is 6.61 Å². The number of hydrogen-bond donors (Lipinski definition) is 3. The second-order valence-electron chi connectivity index (χ2n) is 10.0. The molecule has 38 heavy (non-hydrogen) atoms. The lowest BCUT2D eigenvalue weighted by Crippen LogP contribution is -2.41. The molecular formula is C25H34N4O9. The Morgan fingerprint density at radius 2 is 1.21 bits per heavy atom. The Morgan fingerprint density at radius 3 is 1.50 bits per heavy atom. The Morgan fingerprint density at radius 1 is 0.816 bits per heavy atom. The monoisotopic (exact) mass is 534 g/mol. The summed E-state index contributed by atoms with van der Waals surface area (Å²) in [7, 11) is 0. The number of aliphatic hydroxyl groups is 1. The number of carbonyl (C=O) groups is 2. The molecule has 2 aromatic rings. The van der Waals surface area contributed by atoms with Gasteiger partial charge < -0.3 is 24.2 Å². The number of rotatable bonds is 6. The van der Waals surface area contributed by atoms with E-state index in [1.54, 1.807) is 6.92 Å². The van der Waals surface area contributed by atoms with E-state index in [-0.39, 0.29) is 23.7 Å². The molecule has 0 aromatic carbocycles. The topological polar surface area (TPSA) is 183 Å². The maximum Gasteiger partial charge on any atom is 0.330 e. The van der Waals surface area contributed by atoms with Gasteiger partial charge in [-0.1, -0.05) is 34.6 Å². The van der Waals surface area contributed by atoms with Crippen molar-refractivity contribution in [2.45, 2.75) is 64.7 Å². The van der Waals surface area contributed by atoms with Crippen LogP contribution in [0.25, 0.3) is 0 Å². The average molecular weight is 535 g/mol. The predicted molar refractivity (Wildman–Crippen MR) is 135 cm³/mol. The van der Waals surface area contributed by atoms with Crippen LogP contribution in [0.15, 0.2) is 43.7 Å². The summed E-state index contributed by atoms with van der Waals surface area (Å²) in [5.74, 6) is -0.424. The molecule has 0 aliphatic carbocycles. The number of nitrogens with one attached hydrogen (secondary N) is 2. The third-order valence-corrected chi connectivity index (χ3v) is 8.15. The number of aliphatic hydroxyl groups excluding tert-OH is 1. The second-order valence-corrected chi connectivity index (χ2v) is 10.0. The summed E-state index contributed by atoms with van der Waals surface area (Å²) in [6, 6.07) is 2.48. The first-order valence-corrected chi connectivity index (χ1v) is 12.4. The summed E-state index contributed by atoms with van der Waals surface area (Å²) in [5, 5.41) is 9.38. The van der Waals surface area contributed by atoms with Crippen LogP contribution in [0.3, 0.4) is 0 Å². The quantitative estimate of drug-likeness (QED) is 0.428. The molecule has 13 nitrogen and oxygen atoms in total. The van der Waals surface area contributed by atoms with E-state index >= 15 is 0 Å². The van der Waals surface area contributed by atoms with Gasteiger partial charge >= 0.3 is 11.4 Å². The zero-order valence-electron chi connectivity index (χ0n) is 22.0. The highest BCUT2D eigenvalue weighted by atomic mass is 16.5. The summed E-state index contributed by atoms with van der Waals surface area (Å²) in [4.78, 5) is 72.6. The van der Waals surface area contributed by atoms with Crippen molar-refractivity contribution in [3.8, 4) is 0 Å². The molecule has 0 bridgehead atoms. The van der Waals surface area contributed by atoms with Crippen LogP contribution in [-0.4, -0.2) is 54.6 Å².